The first-order valence-corrected chi connectivity index (χ1v) is 5.11. The number of hydrogen-bond donors (Lipinski definition) is 0. The summed E-state index contributed by atoms with van der Waals surface area (Å²) in [4.78, 5) is 0. The third-order valence-electron chi connectivity index (χ3n) is 0.908. The predicted molar refractivity (Wildman–Crippen MR) is 41.7 cm³/mol. The van der Waals surface area contributed by atoms with Crippen LogP contribution in [-0.4, -0.2) is 35.0 Å². The van der Waals surface area contributed by atoms with Crippen LogP contribution in [0.5, 0.6) is 0 Å². The maximum atomic E-state index is 5.22. The summed E-state index contributed by atoms with van der Waals surface area (Å²) in [6, 6.07) is 0. The van der Waals surface area contributed by atoms with Gasteiger partial charge in [0.05, 0.1) is 0 Å². The summed E-state index contributed by atoms with van der Waals surface area (Å²) in [5.41, 5.74) is 0. The molecule has 62 valence electrons. The Hall–Kier alpha value is 1.01. The van der Waals surface area contributed by atoms with Crippen molar-refractivity contribution in [2.45, 2.75) is 20.8 Å². The second-order valence-electron chi connectivity index (χ2n) is 1.65. The molecule has 0 aliphatic heterocycles. The number of rotatable bonds is 6. The second kappa shape index (κ2) is 11.0. The van der Waals surface area contributed by atoms with Gasteiger partial charge in [-0.05, 0) is 20.8 Å². The van der Waals surface area contributed by atoms with E-state index >= 15 is 0 Å². The van der Waals surface area contributed by atoms with Gasteiger partial charge in [0.2, 0.25) is 0 Å². The van der Waals surface area contributed by atoms with Gasteiger partial charge < -0.3 is 12.8 Å². The molecule has 0 aromatic heterocycles. The van der Waals surface area contributed by atoms with Gasteiger partial charge in [-0.25, -0.2) is 0 Å². The zero-order chi connectivity index (χ0) is 7.82. The van der Waals surface area contributed by atoms with Gasteiger partial charge in [-0.2, -0.15) is 0 Å². The Balaban J connectivity index is -0.000000405. The molecule has 0 saturated carbocycles. The smallest absolute Gasteiger partial charge is 1.00 e. The van der Waals surface area contributed by atoms with Crippen molar-refractivity contribution in [3.8, 4) is 0 Å². The summed E-state index contributed by atoms with van der Waals surface area (Å²) in [7, 11) is 0. The summed E-state index contributed by atoms with van der Waals surface area (Å²) >= 11 is -1.73. The summed E-state index contributed by atoms with van der Waals surface area (Å²) in [5, 5.41) is 0. The van der Waals surface area contributed by atoms with Crippen LogP contribution in [0.3, 0.4) is 0 Å². The molecule has 0 fully saturated rings. The van der Waals surface area contributed by atoms with E-state index in [1.165, 1.54) is 0 Å². The van der Waals surface area contributed by atoms with E-state index in [2.05, 4.69) is 0 Å². The van der Waals surface area contributed by atoms with Crippen LogP contribution in [0.15, 0.2) is 0 Å². The SMILES string of the molecule is CC[O][Al]([O]CC)[O]CC.[H-].[Li+]. The summed E-state index contributed by atoms with van der Waals surface area (Å²) in [5.74, 6) is 0. The average molecular weight is 170 g/mol. The minimum Gasteiger partial charge on any atom is -1.00 e. The Labute approximate surface area is 87.4 Å². The maximum Gasteiger partial charge on any atom is 1.00 e. The van der Waals surface area contributed by atoms with Crippen molar-refractivity contribution >= 4 is 15.1 Å². The van der Waals surface area contributed by atoms with E-state index in [-0.39, 0.29) is 20.3 Å². The third kappa shape index (κ3) is 8.92. The maximum absolute atomic E-state index is 5.22. The van der Waals surface area contributed by atoms with Gasteiger partial charge in [0.25, 0.3) is 0 Å². The topological polar surface area (TPSA) is 27.7 Å². The van der Waals surface area contributed by atoms with E-state index in [0.29, 0.717) is 19.8 Å². The van der Waals surface area contributed by atoms with Gasteiger partial charge in [-0.1, -0.05) is 0 Å². The van der Waals surface area contributed by atoms with Crippen molar-refractivity contribution in [3.05, 3.63) is 0 Å². The zero-order valence-corrected chi connectivity index (χ0v) is 9.08. The van der Waals surface area contributed by atoms with E-state index in [0.717, 1.165) is 0 Å². The molecule has 0 radical (unpaired) electrons. The van der Waals surface area contributed by atoms with Crippen LogP contribution in [0.2, 0.25) is 0 Å². The molecule has 0 N–H and O–H groups in total. The minimum absolute atomic E-state index is 0. The van der Waals surface area contributed by atoms with Gasteiger partial charge in [0.1, 0.15) is 0 Å². The Morgan fingerprint density at radius 3 is 1.36 bits per heavy atom. The monoisotopic (exact) mass is 170 g/mol. The fourth-order valence-corrected chi connectivity index (χ4v) is 1.66. The number of hydrogen-bond acceptors (Lipinski definition) is 3. The Kier molecular flexibility index (Phi) is 14.5. The van der Waals surface area contributed by atoms with Crippen LogP contribution >= 0.6 is 0 Å². The Morgan fingerprint density at radius 2 is 1.18 bits per heavy atom. The molecule has 11 heavy (non-hydrogen) atoms. The van der Waals surface area contributed by atoms with Crippen molar-refractivity contribution in [2.24, 2.45) is 0 Å². The molecule has 0 unspecified atom stereocenters. The van der Waals surface area contributed by atoms with E-state index in [1.807, 2.05) is 20.8 Å². The minimum atomic E-state index is -1.73. The molecular formula is C6H16AlLiO3. The summed E-state index contributed by atoms with van der Waals surface area (Å²) in [6.07, 6.45) is 0. The quantitative estimate of drug-likeness (QED) is 0.440. The van der Waals surface area contributed by atoms with Gasteiger partial charge in [0, 0.05) is 19.8 Å². The van der Waals surface area contributed by atoms with Crippen LogP contribution in [0.25, 0.3) is 0 Å². The molecule has 0 aliphatic rings. The van der Waals surface area contributed by atoms with E-state index in [9.17, 15) is 0 Å². The fraction of sp³-hybridized carbons (Fsp3) is 1.00. The molecule has 0 heterocycles. The standard InChI is InChI=1S/3C2H5O.Al.Li.H/c3*1-2-3;;;/h3*2H2,1H3;;;/q3*-1;+3;+1;-1. The van der Waals surface area contributed by atoms with Crippen LogP contribution in [-0.2, 0) is 11.4 Å². The molecule has 0 saturated heterocycles. The Morgan fingerprint density at radius 1 is 0.909 bits per heavy atom. The molecule has 0 amide bonds. The first kappa shape index (κ1) is 14.5. The van der Waals surface area contributed by atoms with Gasteiger partial charge in [0.15, 0.2) is 0 Å². The molecule has 5 heteroatoms. The zero-order valence-electron chi connectivity index (χ0n) is 8.92. The summed E-state index contributed by atoms with van der Waals surface area (Å²) in [6.45, 7) is 7.86. The molecule has 3 nitrogen and oxygen atoms in total. The van der Waals surface area contributed by atoms with Crippen molar-refractivity contribution in [1.82, 2.24) is 0 Å². The van der Waals surface area contributed by atoms with Crippen LogP contribution in [0.4, 0.5) is 0 Å². The molecular weight excluding hydrogens is 154 g/mol. The molecule has 0 atom stereocenters. The second-order valence-corrected chi connectivity index (χ2v) is 3.23. The van der Waals surface area contributed by atoms with Crippen molar-refractivity contribution < 1.29 is 31.7 Å². The van der Waals surface area contributed by atoms with Gasteiger partial charge >= 0.3 is 34.0 Å². The van der Waals surface area contributed by atoms with Gasteiger partial charge in [-0.15, -0.1) is 0 Å². The van der Waals surface area contributed by atoms with Crippen LogP contribution in [0.1, 0.15) is 22.2 Å². The third-order valence-corrected chi connectivity index (χ3v) is 2.72. The van der Waals surface area contributed by atoms with E-state index in [1.54, 1.807) is 0 Å². The van der Waals surface area contributed by atoms with Crippen molar-refractivity contribution in [3.63, 3.8) is 0 Å². The van der Waals surface area contributed by atoms with E-state index < -0.39 is 15.1 Å². The largest absolute Gasteiger partial charge is 1.00 e. The van der Waals surface area contributed by atoms with Crippen LogP contribution in [0, 0.1) is 0 Å². The fourth-order valence-electron chi connectivity index (χ4n) is 0.553. The molecule has 0 spiro atoms. The normalized spacial score (nSPS) is 9.00. The van der Waals surface area contributed by atoms with E-state index in [4.69, 9.17) is 11.4 Å². The first-order chi connectivity index (χ1) is 4.85. The molecule has 0 bridgehead atoms. The first-order valence-electron chi connectivity index (χ1n) is 3.69. The van der Waals surface area contributed by atoms with Crippen molar-refractivity contribution in [2.75, 3.05) is 19.8 Å². The van der Waals surface area contributed by atoms with Gasteiger partial charge in [-0.3, -0.25) is 0 Å². The average Bonchev–Trinajstić information content (AvgIpc) is 1.90. The molecule has 0 aromatic rings. The van der Waals surface area contributed by atoms with Crippen LogP contribution < -0.4 is 18.9 Å². The van der Waals surface area contributed by atoms with Crippen molar-refractivity contribution in [1.29, 1.82) is 0 Å². The molecule has 0 rings (SSSR count). The molecule has 0 aromatic carbocycles. The Bertz CT molecular complexity index is 65.5. The summed E-state index contributed by atoms with van der Waals surface area (Å²) < 4.78 is 15.7. The molecule has 0 aliphatic carbocycles. The predicted octanol–water partition coefficient (Wildman–Crippen LogP) is -1.80.